The first-order chi connectivity index (χ1) is 12.1. The van der Waals surface area contributed by atoms with Crippen molar-refractivity contribution < 1.29 is 18.7 Å². The number of hydrogen-bond donors (Lipinski definition) is 0. The van der Waals surface area contributed by atoms with Gasteiger partial charge in [0.05, 0.1) is 0 Å². The number of imidazole rings is 1. The van der Waals surface area contributed by atoms with E-state index in [0.29, 0.717) is 28.4 Å². The molecule has 0 atom stereocenters. The largest absolute Gasteiger partial charge is 0.486 e. The summed E-state index contributed by atoms with van der Waals surface area (Å²) in [4.78, 5) is 29.2. The van der Waals surface area contributed by atoms with Gasteiger partial charge in [-0.2, -0.15) is 0 Å². The Kier molecular flexibility index (Phi) is 3.46. The van der Waals surface area contributed by atoms with E-state index in [1.807, 2.05) is 0 Å². The summed E-state index contributed by atoms with van der Waals surface area (Å²) in [7, 11) is 1.67. The Hall–Kier alpha value is -3.28. The number of fused-ring (bicyclic) bond motifs is 3. The van der Waals surface area contributed by atoms with Gasteiger partial charge in [-0.1, -0.05) is 24.3 Å². The Balaban J connectivity index is 1.71. The Morgan fingerprint density at radius 2 is 1.68 bits per heavy atom. The molecule has 6 heteroatoms. The fraction of sp³-hybridized carbons (Fsp3) is 0.105. The molecule has 0 bridgehead atoms. The molecule has 25 heavy (non-hydrogen) atoms. The van der Waals surface area contributed by atoms with E-state index in [1.54, 1.807) is 35.9 Å². The number of nitrogens with zero attached hydrogens (tertiary/aromatic N) is 2. The normalized spacial score (nSPS) is 12.7. The van der Waals surface area contributed by atoms with Crippen molar-refractivity contribution in [1.29, 1.82) is 0 Å². The molecule has 4 rings (SSSR count). The number of benzene rings is 2. The monoisotopic (exact) mass is 336 g/mol. The lowest BCUT2D eigenvalue weighted by atomic mass is 9.90. The SMILES string of the molecule is Cn1c(COc2ccc(F)cc2)nc2c1C(=O)C(=O)c1ccccc1-2. The molecule has 0 unspecified atom stereocenters. The van der Waals surface area contributed by atoms with Gasteiger partial charge in [0.25, 0.3) is 5.78 Å². The van der Waals surface area contributed by atoms with Crippen molar-refractivity contribution in [2.45, 2.75) is 6.61 Å². The summed E-state index contributed by atoms with van der Waals surface area (Å²) in [6, 6.07) is 12.6. The summed E-state index contributed by atoms with van der Waals surface area (Å²) in [5, 5.41) is 0. The number of hydrogen-bond acceptors (Lipinski definition) is 4. The standard InChI is InChI=1S/C19H13FN2O3/c1-22-15(10-25-12-8-6-11(20)7-9-12)21-16-13-4-2-3-5-14(13)18(23)19(24)17(16)22/h2-9H,10H2,1H3. The van der Waals surface area contributed by atoms with Crippen LogP contribution in [0.2, 0.25) is 0 Å². The smallest absolute Gasteiger partial charge is 0.252 e. The zero-order valence-corrected chi connectivity index (χ0v) is 13.3. The highest BCUT2D eigenvalue weighted by atomic mass is 19.1. The minimum absolute atomic E-state index is 0.0960. The van der Waals surface area contributed by atoms with Gasteiger partial charge in [-0.25, -0.2) is 9.37 Å². The van der Waals surface area contributed by atoms with Gasteiger partial charge in [-0.15, -0.1) is 0 Å². The van der Waals surface area contributed by atoms with E-state index in [1.165, 1.54) is 24.3 Å². The maximum atomic E-state index is 12.9. The summed E-state index contributed by atoms with van der Waals surface area (Å²) in [6.07, 6.45) is 0. The second kappa shape index (κ2) is 5.66. The van der Waals surface area contributed by atoms with Gasteiger partial charge in [0.1, 0.15) is 35.4 Å². The molecule has 0 spiro atoms. The molecule has 0 saturated heterocycles. The number of ether oxygens (including phenoxy) is 1. The number of carbonyl (C=O) groups is 2. The van der Waals surface area contributed by atoms with Crippen molar-refractivity contribution in [2.75, 3.05) is 0 Å². The second-order valence-electron chi connectivity index (χ2n) is 5.73. The molecule has 0 fully saturated rings. The van der Waals surface area contributed by atoms with Gasteiger partial charge in [-0.05, 0) is 24.3 Å². The molecule has 0 radical (unpaired) electrons. The summed E-state index contributed by atoms with van der Waals surface area (Å²) < 4.78 is 20.1. The zero-order chi connectivity index (χ0) is 17.6. The highest BCUT2D eigenvalue weighted by Crippen LogP contribution is 2.33. The Morgan fingerprint density at radius 1 is 1.00 bits per heavy atom. The third-order valence-corrected chi connectivity index (χ3v) is 4.22. The van der Waals surface area contributed by atoms with Crippen LogP contribution in [0, 0.1) is 5.82 Å². The average molecular weight is 336 g/mol. The van der Waals surface area contributed by atoms with Crippen LogP contribution in [-0.4, -0.2) is 21.1 Å². The molecule has 2 aromatic carbocycles. The van der Waals surface area contributed by atoms with Gasteiger partial charge >= 0.3 is 0 Å². The number of halogens is 1. The molecule has 0 amide bonds. The van der Waals surface area contributed by atoms with Crippen LogP contribution in [0.25, 0.3) is 11.3 Å². The molecular formula is C19H13FN2O3. The van der Waals surface area contributed by atoms with Gasteiger partial charge in [0.2, 0.25) is 5.78 Å². The zero-order valence-electron chi connectivity index (χ0n) is 13.3. The van der Waals surface area contributed by atoms with Gasteiger partial charge in [0.15, 0.2) is 0 Å². The van der Waals surface area contributed by atoms with Gasteiger partial charge in [0, 0.05) is 18.2 Å². The average Bonchev–Trinajstić information content (AvgIpc) is 2.96. The number of Topliss-reactive ketones (excluding diaryl/α,β-unsaturated/α-hetero) is 2. The maximum absolute atomic E-state index is 12.9. The van der Waals surface area contributed by atoms with Crippen LogP contribution in [-0.2, 0) is 13.7 Å². The van der Waals surface area contributed by atoms with E-state index in [-0.39, 0.29) is 18.1 Å². The van der Waals surface area contributed by atoms with Crippen molar-refractivity contribution in [3.05, 3.63) is 71.4 Å². The summed E-state index contributed by atoms with van der Waals surface area (Å²) in [5.74, 6) is -0.452. The van der Waals surface area contributed by atoms with Crippen molar-refractivity contribution in [1.82, 2.24) is 9.55 Å². The first-order valence-corrected chi connectivity index (χ1v) is 7.68. The third-order valence-electron chi connectivity index (χ3n) is 4.22. The van der Waals surface area contributed by atoms with E-state index in [4.69, 9.17) is 4.74 Å². The van der Waals surface area contributed by atoms with Crippen molar-refractivity contribution in [3.63, 3.8) is 0 Å². The number of ketones is 2. The van der Waals surface area contributed by atoms with E-state index < -0.39 is 11.6 Å². The minimum atomic E-state index is -0.572. The summed E-state index contributed by atoms with van der Waals surface area (Å²) >= 11 is 0. The number of aromatic nitrogens is 2. The summed E-state index contributed by atoms with van der Waals surface area (Å²) in [5.41, 5.74) is 1.76. The molecule has 1 heterocycles. The lowest BCUT2D eigenvalue weighted by Crippen LogP contribution is -2.23. The van der Waals surface area contributed by atoms with Gasteiger partial charge < -0.3 is 9.30 Å². The fourth-order valence-electron chi connectivity index (χ4n) is 2.92. The topological polar surface area (TPSA) is 61.2 Å². The Bertz CT molecular complexity index is 1010. The number of carbonyl (C=O) groups excluding carboxylic acids is 2. The molecule has 1 aliphatic rings. The maximum Gasteiger partial charge on any atom is 0.252 e. The molecule has 0 N–H and O–H groups in total. The Morgan fingerprint density at radius 3 is 2.40 bits per heavy atom. The van der Waals surface area contributed by atoms with Crippen LogP contribution in [0.15, 0.2) is 48.5 Å². The van der Waals surface area contributed by atoms with Crippen LogP contribution in [0.1, 0.15) is 26.7 Å². The fourth-order valence-corrected chi connectivity index (χ4v) is 2.92. The molecule has 0 aliphatic heterocycles. The molecule has 1 aliphatic carbocycles. The third kappa shape index (κ3) is 2.42. The van der Waals surface area contributed by atoms with Crippen LogP contribution >= 0.6 is 0 Å². The molecule has 124 valence electrons. The minimum Gasteiger partial charge on any atom is -0.486 e. The highest BCUT2D eigenvalue weighted by molar-refractivity contribution is 6.52. The Labute approximate surface area is 142 Å². The van der Waals surface area contributed by atoms with E-state index in [9.17, 15) is 14.0 Å². The highest BCUT2D eigenvalue weighted by Gasteiger charge is 2.35. The van der Waals surface area contributed by atoms with Crippen LogP contribution in [0.4, 0.5) is 4.39 Å². The molecule has 0 saturated carbocycles. The van der Waals surface area contributed by atoms with Gasteiger partial charge in [-0.3, -0.25) is 9.59 Å². The predicted octanol–water partition coefficient (Wildman–Crippen LogP) is 3.18. The quantitative estimate of drug-likeness (QED) is 0.689. The lowest BCUT2D eigenvalue weighted by molar-refractivity contribution is 0.0810. The van der Waals surface area contributed by atoms with Crippen LogP contribution < -0.4 is 4.74 Å². The van der Waals surface area contributed by atoms with Crippen molar-refractivity contribution in [2.24, 2.45) is 7.05 Å². The first kappa shape index (κ1) is 15.3. The predicted molar refractivity (Wildman–Crippen MR) is 88.0 cm³/mol. The van der Waals surface area contributed by atoms with Crippen LogP contribution in [0.5, 0.6) is 5.75 Å². The molecule has 5 nitrogen and oxygen atoms in total. The first-order valence-electron chi connectivity index (χ1n) is 7.68. The van der Waals surface area contributed by atoms with Crippen molar-refractivity contribution >= 4 is 11.6 Å². The van der Waals surface area contributed by atoms with E-state index in [0.717, 1.165) is 0 Å². The van der Waals surface area contributed by atoms with Crippen molar-refractivity contribution in [3.8, 4) is 17.0 Å². The number of rotatable bonds is 3. The van der Waals surface area contributed by atoms with Crippen LogP contribution in [0.3, 0.4) is 0 Å². The lowest BCUT2D eigenvalue weighted by Gasteiger charge is -2.14. The second-order valence-corrected chi connectivity index (χ2v) is 5.73. The molecule has 3 aromatic rings. The summed E-state index contributed by atoms with van der Waals surface area (Å²) in [6.45, 7) is 0.0960. The molecule has 1 aromatic heterocycles. The van der Waals surface area contributed by atoms with E-state index >= 15 is 0 Å². The van der Waals surface area contributed by atoms with E-state index in [2.05, 4.69) is 4.98 Å². The molecular weight excluding hydrogens is 323 g/mol.